The summed E-state index contributed by atoms with van der Waals surface area (Å²) in [6.07, 6.45) is 3.00. The van der Waals surface area contributed by atoms with E-state index >= 15 is 0 Å². The van der Waals surface area contributed by atoms with Crippen molar-refractivity contribution in [3.63, 3.8) is 0 Å². The third kappa shape index (κ3) is 4.27. The molecule has 2 heterocycles. The quantitative estimate of drug-likeness (QED) is 0.364. The van der Waals surface area contributed by atoms with Gasteiger partial charge in [-0.05, 0) is 30.5 Å². The second kappa shape index (κ2) is 8.70. The van der Waals surface area contributed by atoms with Gasteiger partial charge in [-0.2, -0.15) is 0 Å². The van der Waals surface area contributed by atoms with Gasteiger partial charge in [-0.25, -0.2) is 4.79 Å². The highest BCUT2D eigenvalue weighted by molar-refractivity contribution is 8.00. The van der Waals surface area contributed by atoms with E-state index in [-0.39, 0.29) is 17.6 Å². The lowest BCUT2D eigenvalue weighted by molar-refractivity contribution is -0.133. The van der Waals surface area contributed by atoms with Gasteiger partial charge in [-0.1, -0.05) is 65.2 Å². The fourth-order valence-electron chi connectivity index (χ4n) is 3.56. The number of imide groups is 1. The molecule has 8 nitrogen and oxygen atoms in total. The summed E-state index contributed by atoms with van der Waals surface area (Å²) >= 11 is 14.9. The molecule has 1 saturated carbocycles. The van der Waals surface area contributed by atoms with E-state index in [1.807, 2.05) is 0 Å². The largest absolute Gasteiger partial charge is 0.325 e. The summed E-state index contributed by atoms with van der Waals surface area (Å²) in [5.74, 6) is -0.327. The van der Waals surface area contributed by atoms with Crippen LogP contribution in [0.2, 0.25) is 10.0 Å². The molecule has 1 spiro atoms. The number of hydrogen-bond donors (Lipinski definition) is 2. The standard InChI is InChI=1S/C18H17Cl2N5O3S2/c19-11-4-3-5-12(20)10(11)9-29-17-24-23-15(30-17)21-13(26)8-25-14(27)18(22-16(25)28)6-1-2-7-18/h3-5H,1-2,6-9H2,(H,22,28)(H,21,23,26). The maximum Gasteiger partial charge on any atom is 0.325 e. The highest BCUT2D eigenvalue weighted by Crippen LogP contribution is 2.35. The zero-order chi connectivity index (χ0) is 21.3. The van der Waals surface area contributed by atoms with E-state index in [2.05, 4.69) is 20.8 Å². The number of hydrogen-bond acceptors (Lipinski definition) is 7. The summed E-state index contributed by atoms with van der Waals surface area (Å²) in [5, 5.41) is 14.8. The Morgan fingerprint density at radius 1 is 1.23 bits per heavy atom. The van der Waals surface area contributed by atoms with Gasteiger partial charge in [-0.15, -0.1) is 10.2 Å². The minimum Gasteiger partial charge on any atom is -0.323 e. The molecule has 2 N–H and O–H groups in total. The van der Waals surface area contributed by atoms with Crippen LogP contribution in [-0.2, 0) is 15.3 Å². The number of aromatic nitrogens is 2. The summed E-state index contributed by atoms with van der Waals surface area (Å²) in [6.45, 7) is -0.357. The van der Waals surface area contributed by atoms with Crippen LogP contribution in [0.25, 0.3) is 0 Å². The van der Waals surface area contributed by atoms with Crippen LogP contribution in [0.5, 0.6) is 0 Å². The molecule has 12 heteroatoms. The van der Waals surface area contributed by atoms with Crippen LogP contribution in [0.15, 0.2) is 22.5 Å². The van der Waals surface area contributed by atoms with E-state index < -0.39 is 17.5 Å². The Morgan fingerprint density at radius 3 is 2.63 bits per heavy atom. The predicted octanol–water partition coefficient (Wildman–Crippen LogP) is 3.94. The first-order chi connectivity index (χ1) is 14.4. The number of carbonyl (C=O) groups is 3. The second-order valence-electron chi connectivity index (χ2n) is 7.02. The Labute approximate surface area is 190 Å². The number of rotatable bonds is 6. The molecule has 1 aliphatic carbocycles. The molecular weight excluding hydrogens is 469 g/mol. The summed E-state index contributed by atoms with van der Waals surface area (Å²) < 4.78 is 0.626. The Kier molecular flexibility index (Phi) is 6.19. The van der Waals surface area contributed by atoms with Gasteiger partial charge in [0.15, 0.2) is 4.34 Å². The highest BCUT2D eigenvalue weighted by Gasteiger charge is 2.52. The smallest absolute Gasteiger partial charge is 0.323 e. The van der Waals surface area contributed by atoms with Crippen molar-refractivity contribution in [1.29, 1.82) is 0 Å². The van der Waals surface area contributed by atoms with E-state index in [0.29, 0.717) is 33.0 Å². The first kappa shape index (κ1) is 21.4. The number of amides is 4. The molecule has 1 saturated heterocycles. The third-order valence-electron chi connectivity index (χ3n) is 5.06. The van der Waals surface area contributed by atoms with Crippen molar-refractivity contribution < 1.29 is 14.4 Å². The lowest BCUT2D eigenvalue weighted by Gasteiger charge is -2.19. The number of nitrogens with zero attached hydrogens (tertiary/aromatic N) is 3. The number of nitrogens with one attached hydrogen (secondary N) is 2. The van der Waals surface area contributed by atoms with Crippen LogP contribution < -0.4 is 10.6 Å². The number of thioether (sulfide) groups is 1. The van der Waals surface area contributed by atoms with Crippen LogP contribution in [0, 0.1) is 0 Å². The summed E-state index contributed by atoms with van der Waals surface area (Å²) in [7, 11) is 0. The van der Waals surface area contributed by atoms with Gasteiger partial charge in [0.2, 0.25) is 11.0 Å². The maximum atomic E-state index is 12.6. The Morgan fingerprint density at radius 2 is 1.93 bits per heavy atom. The normalized spacial score (nSPS) is 17.6. The summed E-state index contributed by atoms with van der Waals surface area (Å²) in [4.78, 5) is 38.1. The first-order valence-corrected chi connectivity index (χ1v) is 11.8. The molecule has 0 atom stereocenters. The molecular formula is C18H17Cl2N5O3S2. The molecule has 0 unspecified atom stereocenters. The van der Waals surface area contributed by atoms with Crippen molar-refractivity contribution in [3.05, 3.63) is 33.8 Å². The molecule has 1 aromatic heterocycles. The number of anilines is 1. The van der Waals surface area contributed by atoms with Gasteiger partial charge in [0.05, 0.1) is 0 Å². The second-order valence-corrected chi connectivity index (χ2v) is 10.0. The van der Waals surface area contributed by atoms with Gasteiger partial charge >= 0.3 is 6.03 Å². The molecule has 2 aliphatic rings. The van der Waals surface area contributed by atoms with Gasteiger partial charge in [-0.3, -0.25) is 19.8 Å². The van der Waals surface area contributed by atoms with Gasteiger partial charge in [0, 0.05) is 15.8 Å². The fourth-order valence-corrected chi connectivity index (χ4v) is 6.07. The van der Waals surface area contributed by atoms with Crippen molar-refractivity contribution in [2.75, 3.05) is 11.9 Å². The van der Waals surface area contributed by atoms with Gasteiger partial charge in [0.25, 0.3) is 5.91 Å². The predicted molar refractivity (Wildman–Crippen MR) is 116 cm³/mol. The van der Waals surface area contributed by atoms with Crippen LogP contribution in [0.4, 0.5) is 9.93 Å². The molecule has 1 aliphatic heterocycles. The minimum absolute atomic E-state index is 0.287. The van der Waals surface area contributed by atoms with Crippen molar-refractivity contribution in [3.8, 4) is 0 Å². The molecule has 0 bridgehead atoms. The third-order valence-corrected chi connectivity index (χ3v) is 7.77. The monoisotopic (exact) mass is 485 g/mol. The van der Waals surface area contributed by atoms with Crippen molar-refractivity contribution >= 4 is 69.3 Å². The maximum absolute atomic E-state index is 12.6. The summed E-state index contributed by atoms with van der Waals surface area (Å²) in [5.41, 5.74) is -0.0322. The molecule has 158 valence electrons. The zero-order valence-corrected chi connectivity index (χ0v) is 18.8. The zero-order valence-electron chi connectivity index (χ0n) is 15.6. The van der Waals surface area contributed by atoms with Gasteiger partial charge in [0.1, 0.15) is 12.1 Å². The summed E-state index contributed by atoms with van der Waals surface area (Å²) in [6, 6.07) is 4.78. The lowest BCUT2D eigenvalue weighted by Crippen LogP contribution is -2.44. The highest BCUT2D eigenvalue weighted by atomic mass is 35.5. The van der Waals surface area contributed by atoms with Crippen LogP contribution in [-0.4, -0.2) is 45.0 Å². The molecule has 0 radical (unpaired) electrons. The molecule has 1 aromatic carbocycles. The molecule has 4 rings (SSSR count). The molecule has 2 aromatic rings. The Hall–Kier alpha value is -1.88. The van der Waals surface area contributed by atoms with E-state index in [1.165, 1.54) is 23.1 Å². The first-order valence-electron chi connectivity index (χ1n) is 9.21. The minimum atomic E-state index is -0.829. The van der Waals surface area contributed by atoms with Crippen molar-refractivity contribution in [1.82, 2.24) is 20.4 Å². The van der Waals surface area contributed by atoms with Crippen molar-refractivity contribution in [2.24, 2.45) is 0 Å². The number of carbonyl (C=O) groups excluding carboxylic acids is 3. The fraction of sp³-hybridized carbons (Fsp3) is 0.389. The number of benzene rings is 1. The Bertz CT molecular complexity index is 989. The van der Waals surface area contributed by atoms with Crippen molar-refractivity contribution in [2.45, 2.75) is 41.3 Å². The lowest BCUT2D eigenvalue weighted by atomic mass is 9.98. The topological polar surface area (TPSA) is 104 Å². The molecule has 2 fully saturated rings. The van der Waals surface area contributed by atoms with Crippen LogP contribution in [0.3, 0.4) is 0 Å². The molecule has 30 heavy (non-hydrogen) atoms. The van der Waals surface area contributed by atoms with Crippen LogP contribution >= 0.6 is 46.3 Å². The Balaban J connectivity index is 1.33. The molecule has 4 amide bonds. The van der Waals surface area contributed by atoms with E-state index in [0.717, 1.165) is 23.3 Å². The van der Waals surface area contributed by atoms with E-state index in [1.54, 1.807) is 18.2 Å². The number of urea groups is 1. The average Bonchev–Trinajstić information content (AvgIpc) is 3.40. The van der Waals surface area contributed by atoms with Gasteiger partial charge < -0.3 is 5.32 Å². The van der Waals surface area contributed by atoms with E-state index in [4.69, 9.17) is 23.2 Å². The number of halogens is 2. The SMILES string of the molecule is O=C(CN1C(=O)NC2(CCCC2)C1=O)Nc1nnc(SCc2c(Cl)cccc2Cl)s1. The van der Waals surface area contributed by atoms with Crippen LogP contribution in [0.1, 0.15) is 31.2 Å². The average molecular weight is 486 g/mol. The van der Waals surface area contributed by atoms with E-state index in [9.17, 15) is 14.4 Å².